The van der Waals surface area contributed by atoms with Crippen LogP contribution in [-0.2, 0) is 11.3 Å². The van der Waals surface area contributed by atoms with Crippen molar-refractivity contribution in [2.75, 3.05) is 5.73 Å². The third-order valence-electron chi connectivity index (χ3n) is 2.95. The minimum absolute atomic E-state index is 0.288. The summed E-state index contributed by atoms with van der Waals surface area (Å²) >= 11 is 1.42. The van der Waals surface area contributed by atoms with Crippen LogP contribution in [0.1, 0.15) is 15.2 Å². The number of benzene rings is 2. The lowest BCUT2D eigenvalue weighted by Gasteiger charge is -2.02. The van der Waals surface area contributed by atoms with Gasteiger partial charge in [-0.3, -0.25) is 0 Å². The van der Waals surface area contributed by atoms with Crippen molar-refractivity contribution in [3.05, 3.63) is 65.0 Å². The summed E-state index contributed by atoms with van der Waals surface area (Å²) < 4.78 is 6.35. The quantitative estimate of drug-likeness (QED) is 0.587. The van der Waals surface area contributed by atoms with Gasteiger partial charge >= 0.3 is 5.97 Å². The van der Waals surface area contributed by atoms with E-state index in [0.717, 1.165) is 15.6 Å². The van der Waals surface area contributed by atoms with Gasteiger partial charge < -0.3 is 10.5 Å². The first-order valence-electron chi connectivity index (χ1n) is 6.22. The number of anilines is 1. The van der Waals surface area contributed by atoms with Crippen molar-refractivity contribution in [1.82, 2.24) is 0 Å². The van der Waals surface area contributed by atoms with Gasteiger partial charge in [-0.25, -0.2) is 4.79 Å². The van der Waals surface area contributed by atoms with E-state index in [0.29, 0.717) is 10.6 Å². The van der Waals surface area contributed by atoms with Crippen molar-refractivity contribution < 1.29 is 9.53 Å². The molecular formula is C16H13NO2S. The van der Waals surface area contributed by atoms with Crippen LogP contribution in [0.4, 0.5) is 5.69 Å². The zero-order valence-electron chi connectivity index (χ0n) is 10.7. The van der Waals surface area contributed by atoms with E-state index in [9.17, 15) is 4.79 Å². The van der Waals surface area contributed by atoms with Crippen LogP contribution >= 0.6 is 11.3 Å². The van der Waals surface area contributed by atoms with E-state index in [-0.39, 0.29) is 12.6 Å². The highest BCUT2D eigenvalue weighted by Gasteiger charge is 2.11. The molecule has 0 amide bonds. The Labute approximate surface area is 120 Å². The number of nitrogen functional groups attached to an aromatic ring is 1. The van der Waals surface area contributed by atoms with Gasteiger partial charge in [-0.05, 0) is 35.2 Å². The highest BCUT2D eigenvalue weighted by molar-refractivity contribution is 7.20. The third-order valence-corrected chi connectivity index (χ3v) is 4.05. The van der Waals surface area contributed by atoms with Crippen molar-refractivity contribution in [1.29, 1.82) is 0 Å². The van der Waals surface area contributed by atoms with Gasteiger partial charge in [0, 0.05) is 10.4 Å². The molecule has 0 spiro atoms. The zero-order valence-corrected chi connectivity index (χ0v) is 11.5. The molecule has 0 fully saturated rings. The van der Waals surface area contributed by atoms with E-state index in [4.69, 9.17) is 10.5 Å². The fourth-order valence-electron chi connectivity index (χ4n) is 1.96. The van der Waals surface area contributed by atoms with E-state index in [1.165, 1.54) is 11.3 Å². The fourth-order valence-corrected chi connectivity index (χ4v) is 2.89. The Morgan fingerprint density at radius 1 is 1.10 bits per heavy atom. The van der Waals surface area contributed by atoms with Gasteiger partial charge in [-0.2, -0.15) is 0 Å². The molecule has 0 saturated heterocycles. The Hall–Kier alpha value is -2.33. The van der Waals surface area contributed by atoms with Gasteiger partial charge in [0.05, 0.1) is 0 Å². The van der Waals surface area contributed by atoms with Crippen molar-refractivity contribution in [3.63, 3.8) is 0 Å². The molecule has 0 aliphatic heterocycles. The fraction of sp³-hybridized carbons (Fsp3) is 0.0625. The van der Waals surface area contributed by atoms with Crippen LogP contribution in [0.3, 0.4) is 0 Å². The molecule has 4 heteroatoms. The summed E-state index contributed by atoms with van der Waals surface area (Å²) in [4.78, 5) is 12.6. The van der Waals surface area contributed by atoms with E-state index >= 15 is 0 Å². The highest BCUT2D eigenvalue weighted by atomic mass is 32.1. The average molecular weight is 283 g/mol. The second-order valence-electron chi connectivity index (χ2n) is 4.47. The predicted octanol–water partition coefficient (Wildman–Crippen LogP) is 3.84. The van der Waals surface area contributed by atoms with Crippen LogP contribution in [0, 0.1) is 0 Å². The van der Waals surface area contributed by atoms with Crippen LogP contribution in [0.2, 0.25) is 0 Å². The number of carbonyl (C=O) groups excluding carboxylic acids is 1. The number of hydrogen-bond donors (Lipinski definition) is 1. The summed E-state index contributed by atoms with van der Waals surface area (Å²) in [6, 6.07) is 17.1. The first-order valence-corrected chi connectivity index (χ1v) is 7.04. The maximum Gasteiger partial charge on any atom is 0.348 e. The van der Waals surface area contributed by atoms with E-state index in [2.05, 4.69) is 0 Å². The Kier molecular flexibility index (Phi) is 3.39. The number of esters is 1. The average Bonchev–Trinajstić information content (AvgIpc) is 2.89. The number of rotatable bonds is 3. The van der Waals surface area contributed by atoms with E-state index < -0.39 is 0 Å². The number of nitrogens with two attached hydrogens (primary N) is 1. The van der Waals surface area contributed by atoms with Gasteiger partial charge in [-0.1, -0.05) is 30.3 Å². The molecule has 2 aromatic carbocycles. The Bertz CT molecular complexity index is 750. The SMILES string of the molecule is Nc1ccc2sc(C(=O)OCc3ccccc3)cc2c1. The van der Waals surface area contributed by atoms with E-state index in [1.807, 2.05) is 54.6 Å². The first-order chi connectivity index (χ1) is 9.72. The van der Waals surface area contributed by atoms with Crippen LogP contribution in [0.15, 0.2) is 54.6 Å². The van der Waals surface area contributed by atoms with Gasteiger partial charge in [-0.15, -0.1) is 11.3 Å². The molecule has 3 aromatic rings. The molecule has 0 aliphatic carbocycles. The lowest BCUT2D eigenvalue weighted by molar-refractivity contribution is 0.0478. The van der Waals surface area contributed by atoms with Crippen molar-refractivity contribution in [2.45, 2.75) is 6.61 Å². The topological polar surface area (TPSA) is 52.3 Å². The maximum absolute atomic E-state index is 12.0. The molecule has 3 rings (SSSR count). The molecule has 0 aliphatic rings. The normalized spacial score (nSPS) is 10.6. The van der Waals surface area contributed by atoms with E-state index in [1.54, 1.807) is 0 Å². The number of ether oxygens (including phenoxy) is 1. The second kappa shape index (κ2) is 5.35. The minimum Gasteiger partial charge on any atom is -0.457 e. The summed E-state index contributed by atoms with van der Waals surface area (Å²) in [5, 5.41) is 0.974. The molecule has 0 atom stereocenters. The summed E-state index contributed by atoms with van der Waals surface area (Å²) in [6.07, 6.45) is 0. The summed E-state index contributed by atoms with van der Waals surface area (Å²) in [5.74, 6) is -0.298. The highest BCUT2D eigenvalue weighted by Crippen LogP contribution is 2.27. The molecule has 3 nitrogen and oxygen atoms in total. The molecule has 0 saturated carbocycles. The summed E-state index contributed by atoms with van der Waals surface area (Å²) in [7, 11) is 0. The number of thiophene rings is 1. The monoisotopic (exact) mass is 283 g/mol. The van der Waals surface area contributed by atoms with Gasteiger partial charge in [0.25, 0.3) is 0 Å². The second-order valence-corrected chi connectivity index (χ2v) is 5.55. The zero-order chi connectivity index (χ0) is 13.9. The lowest BCUT2D eigenvalue weighted by atomic mass is 10.2. The van der Waals surface area contributed by atoms with Crippen molar-refractivity contribution in [2.24, 2.45) is 0 Å². The Morgan fingerprint density at radius 3 is 2.70 bits per heavy atom. The maximum atomic E-state index is 12.0. The smallest absolute Gasteiger partial charge is 0.348 e. The third kappa shape index (κ3) is 2.65. The number of carbonyl (C=O) groups is 1. The van der Waals surface area contributed by atoms with Crippen molar-refractivity contribution >= 4 is 33.1 Å². The van der Waals surface area contributed by atoms with Gasteiger partial charge in [0.1, 0.15) is 11.5 Å². The van der Waals surface area contributed by atoms with Crippen LogP contribution in [0.5, 0.6) is 0 Å². The number of fused-ring (bicyclic) bond motifs is 1. The first kappa shape index (κ1) is 12.7. The molecule has 1 heterocycles. The van der Waals surface area contributed by atoms with Gasteiger partial charge in [0.2, 0.25) is 0 Å². The molecule has 20 heavy (non-hydrogen) atoms. The molecular weight excluding hydrogens is 270 g/mol. The largest absolute Gasteiger partial charge is 0.457 e. The molecule has 0 unspecified atom stereocenters. The van der Waals surface area contributed by atoms with Gasteiger partial charge in [0.15, 0.2) is 0 Å². The van der Waals surface area contributed by atoms with Crippen LogP contribution in [0.25, 0.3) is 10.1 Å². The summed E-state index contributed by atoms with van der Waals surface area (Å²) in [6.45, 7) is 0.288. The molecule has 100 valence electrons. The molecule has 2 N–H and O–H groups in total. The Morgan fingerprint density at radius 2 is 1.90 bits per heavy atom. The molecule has 1 aromatic heterocycles. The summed E-state index contributed by atoms with van der Waals surface area (Å²) in [5.41, 5.74) is 7.40. The Balaban J connectivity index is 1.75. The van der Waals surface area contributed by atoms with Crippen LogP contribution < -0.4 is 5.73 Å². The van der Waals surface area contributed by atoms with Crippen molar-refractivity contribution in [3.8, 4) is 0 Å². The van der Waals surface area contributed by atoms with Crippen LogP contribution in [-0.4, -0.2) is 5.97 Å². The predicted molar refractivity (Wildman–Crippen MR) is 81.8 cm³/mol. The lowest BCUT2D eigenvalue weighted by Crippen LogP contribution is -2.02. The number of hydrogen-bond acceptors (Lipinski definition) is 4. The molecule has 0 bridgehead atoms. The standard InChI is InChI=1S/C16H13NO2S/c17-13-6-7-14-12(8-13)9-15(20-14)16(18)19-10-11-4-2-1-3-5-11/h1-9H,10,17H2. The minimum atomic E-state index is -0.298. The molecule has 0 radical (unpaired) electrons.